The Bertz CT molecular complexity index is 891. The van der Waals surface area contributed by atoms with Gasteiger partial charge in [-0.05, 0) is 49.8 Å². The molecule has 0 radical (unpaired) electrons. The van der Waals surface area contributed by atoms with Gasteiger partial charge in [-0.1, -0.05) is 83.0 Å². The van der Waals surface area contributed by atoms with Crippen LogP contribution in [0.2, 0.25) is 0 Å². The van der Waals surface area contributed by atoms with E-state index in [-0.39, 0.29) is 11.8 Å². The molecule has 0 aliphatic carbocycles. The molecule has 0 aromatic heterocycles. The lowest BCUT2D eigenvalue weighted by Gasteiger charge is -2.35. The van der Waals surface area contributed by atoms with Gasteiger partial charge < -0.3 is 10.1 Å². The summed E-state index contributed by atoms with van der Waals surface area (Å²) in [5.41, 5.74) is 1.42. The van der Waals surface area contributed by atoms with Crippen LogP contribution in [0.25, 0.3) is 0 Å². The summed E-state index contributed by atoms with van der Waals surface area (Å²) in [6.07, 6.45) is 10.3. The molecule has 1 aromatic rings. The van der Waals surface area contributed by atoms with Crippen molar-refractivity contribution >= 4 is 9.84 Å². The third-order valence-corrected chi connectivity index (χ3v) is 9.03. The average Bonchev–Trinajstić information content (AvgIpc) is 2.94. The van der Waals surface area contributed by atoms with Crippen LogP contribution >= 0.6 is 0 Å². The molecule has 1 aliphatic heterocycles. The van der Waals surface area contributed by atoms with Gasteiger partial charge in [-0.15, -0.1) is 0 Å². The topological polar surface area (TPSA) is 67.4 Å². The van der Waals surface area contributed by atoms with Gasteiger partial charge in [0.25, 0.3) is 0 Å². The maximum absolute atomic E-state index is 13.9. The van der Waals surface area contributed by atoms with Crippen LogP contribution < -0.4 is 10.6 Å². The lowest BCUT2D eigenvalue weighted by atomic mass is 9.87. The van der Waals surface area contributed by atoms with Gasteiger partial charge in [0, 0.05) is 18.7 Å². The zero-order chi connectivity index (χ0) is 25.0. The van der Waals surface area contributed by atoms with Crippen molar-refractivity contribution < 1.29 is 13.2 Å². The van der Waals surface area contributed by atoms with Gasteiger partial charge >= 0.3 is 0 Å². The first-order valence-corrected chi connectivity index (χ1v) is 14.7. The molecule has 5 nitrogen and oxygen atoms in total. The van der Waals surface area contributed by atoms with Crippen LogP contribution in [-0.2, 0) is 14.6 Å². The SMILES string of the molecule is CCCC[C@]1(CC)CS(=O)(=O)C(=C/CCNC(CC)CC)/C(=C\COC)[C@@H](c2ccccc2)N1. The predicted octanol–water partition coefficient (Wildman–Crippen LogP) is 5.71. The molecule has 0 unspecified atom stereocenters. The Morgan fingerprint density at radius 1 is 1.15 bits per heavy atom. The molecule has 1 fully saturated rings. The Labute approximate surface area is 208 Å². The van der Waals surface area contributed by atoms with E-state index in [1.165, 1.54) is 0 Å². The van der Waals surface area contributed by atoms with Crippen LogP contribution in [-0.4, -0.2) is 46.0 Å². The molecule has 1 saturated heterocycles. The molecule has 34 heavy (non-hydrogen) atoms. The highest BCUT2D eigenvalue weighted by Crippen LogP contribution is 2.40. The van der Waals surface area contributed by atoms with Gasteiger partial charge in [-0.2, -0.15) is 0 Å². The fraction of sp³-hybridized carbons (Fsp3) is 0.643. The fourth-order valence-electron chi connectivity index (χ4n) is 4.84. The Morgan fingerprint density at radius 3 is 2.44 bits per heavy atom. The van der Waals surface area contributed by atoms with Crippen molar-refractivity contribution in [3.63, 3.8) is 0 Å². The largest absolute Gasteiger partial charge is 0.381 e. The summed E-state index contributed by atoms with van der Waals surface area (Å²) in [6, 6.07) is 10.5. The number of hydrogen-bond acceptors (Lipinski definition) is 5. The van der Waals surface area contributed by atoms with Crippen molar-refractivity contribution in [1.82, 2.24) is 10.6 Å². The Hall–Kier alpha value is -1.47. The van der Waals surface area contributed by atoms with E-state index in [0.29, 0.717) is 24.0 Å². The predicted molar refractivity (Wildman–Crippen MR) is 144 cm³/mol. The second-order valence-corrected chi connectivity index (χ2v) is 11.4. The van der Waals surface area contributed by atoms with E-state index in [1.54, 1.807) is 7.11 Å². The minimum atomic E-state index is -3.50. The Kier molecular flexibility index (Phi) is 12.0. The minimum absolute atomic E-state index is 0.121. The van der Waals surface area contributed by atoms with Crippen LogP contribution in [0.15, 0.2) is 53.0 Å². The van der Waals surface area contributed by atoms with Crippen LogP contribution in [0.4, 0.5) is 0 Å². The van der Waals surface area contributed by atoms with Crippen LogP contribution in [0.1, 0.15) is 84.2 Å². The first-order valence-electron chi connectivity index (χ1n) is 13.0. The van der Waals surface area contributed by atoms with Crippen LogP contribution in [0.3, 0.4) is 0 Å². The quantitative estimate of drug-likeness (QED) is 0.347. The van der Waals surface area contributed by atoms with E-state index in [9.17, 15) is 8.42 Å². The fourth-order valence-corrected chi connectivity index (χ4v) is 7.09. The monoisotopic (exact) mass is 490 g/mol. The highest BCUT2D eigenvalue weighted by molar-refractivity contribution is 7.95. The highest BCUT2D eigenvalue weighted by atomic mass is 32.2. The maximum Gasteiger partial charge on any atom is 0.180 e. The van der Waals surface area contributed by atoms with Crippen molar-refractivity contribution in [3.05, 3.63) is 58.5 Å². The molecule has 0 amide bonds. The number of hydrogen-bond donors (Lipinski definition) is 2. The zero-order valence-corrected chi connectivity index (χ0v) is 22.7. The number of ether oxygens (including phenoxy) is 1. The van der Waals surface area contributed by atoms with E-state index in [1.807, 2.05) is 30.4 Å². The van der Waals surface area contributed by atoms with E-state index in [4.69, 9.17) is 4.74 Å². The molecular weight excluding hydrogens is 444 g/mol. The van der Waals surface area contributed by atoms with Crippen molar-refractivity contribution in [3.8, 4) is 0 Å². The van der Waals surface area contributed by atoms with Gasteiger partial charge in [-0.3, -0.25) is 5.32 Å². The molecular formula is C28H46N2O3S. The second-order valence-electron chi connectivity index (χ2n) is 9.42. The number of nitrogens with one attached hydrogen (secondary N) is 2. The number of methoxy groups -OCH3 is 1. The van der Waals surface area contributed by atoms with Gasteiger partial charge in [0.05, 0.1) is 23.3 Å². The van der Waals surface area contributed by atoms with Crippen molar-refractivity contribution in [2.24, 2.45) is 0 Å². The summed E-state index contributed by atoms with van der Waals surface area (Å²) < 4.78 is 33.2. The molecule has 1 aliphatic rings. The second kappa shape index (κ2) is 14.2. The van der Waals surface area contributed by atoms with E-state index < -0.39 is 15.4 Å². The van der Waals surface area contributed by atoms with Crippen LogP contribution in [0.5, 0.6) is 0 Å². The smallest absolute Gasteiger partial charge is 0.180 e. The Balaban J connectivity index is 2.57. The normalized spacial score (nSPS) is 25.2. The first kappa shape index (κ1) is 28.8. The molecule has 0 spiro atoms. The highest BCUT2D eigenvalue weighted by Gasteiger charge is 2.43. The summed E-state index contributed by atoms with van der Waals surface area (Å²) in [4.78, 5) is 0.462. The van der Waals surface area contributed by atoms with Crippen molar-refractivity contribution in [2.45, 2.75) is 90.3 Å². The number of sulfone groups is 1. The zero-order valence-electron chi connectivity index (χ0n) is 21.9. The Morgan fingerprint density at radius 2 is 1.85 bits per heavy atom. The van der Waals surface area contributed by atoms with Gasteiger partial charge in [-0.25, -0.2) is 8.42 Å². The third-order valence-electron chi connectivity index (χ3n) is 7.03. The summed E-state index contributed by atoms with van der Waals surface area (Å²) in [6.45, 7) is 9.75. The number of benzene rings is 1. The number of unbranched alkanes of at least 4 members (excludes halogenated alkanes) is 1. The molecule has 2 N–H and O–H groups in total. The summed E-state index contributed by atoms with van der Waals surface area (Å²) in [5.74, 6) is 0.121. The lowest BCUT2D eigenvalue weighted by molar-refractivity contribution is 0.232. The standard InChI is InChI=1S/C28H46N2O3S/c1-6-10-19-28(9-4)22-34(31,32)26(17-14-20-29-24(7-2)8-3)25(18-21-33-5)27(30-28)23-15-12-11-13-16-23/h11-13,15-18,24,27,29-30H,6-10,14,19-22H2,1-5H3/b25-18+,26-17+/t27-,28-/m1/s1. The molecule has 192 valence electrons. The third kappa shape index (κ3) is 7.77. The van der Waals surface area contributed by atoms with Gasteiger partial charge in [0.1, 0.15) is 0 Å². The van der Waals surface area contributed by atoms with E-state index >= 15 is 0 Å². The molecule has 2 atom stereocenters. The molecule has 0 bridgehead atoms. The molecule has 1 heterocycles. The maximum atomic E-state index is 13.9. The van der Waals surface area contributed by atoms with Crippen molar-refractivity contribution in [2.75, 3.05) is 26.0 Å². The summed E-state index contributed by atoms with van der Waals surface area (Å²) >= 11 is 0. The van der Waals surface area contributed by atoms with Crippen LogP contribution in [0, 0.1) is 0 Å². The van der Waals surface area contributed by atoms with Gasteiger partial charge in [0.15, 0.2) is 9.84 Å². The average molecular weight is 491 g/mol. The van der Waals surface area contributed by atoms with Gasteiger partial charge in [0.2, 0.25) is 0 Å². The summed E-state index contributed by atoms with van der Waals surface area (Å²) in [5, 5.41) is 7.40. The summed E-state index contributed by atoms with van der Waals surface area (Å²) in [7, 11) is -1.85. The van der Waals surface area contributed by atoms with E-state index in [2.05, 4.69) is 50.5 Å². The number of rotatable bonds is 13. The molecule has 2 rings (SSSR count). The molecule has 0 saturated carbocycles. The van der Waals surface area contributed by atoms with Crippen molar-refractivity contribution in [1.29, 1.82) is 0 Å². The first-order chi connectivity index (χ1) is 16.4. The molecule has 1 aromatic carbocycles. The molecule has 6 heteroatoms. The lowest BCUT2D eigenvalue weighted by Crippen LogP contribution is -2.49. The van der Waals surface area contributed by atoms with E-state index in [0.717, 1.165) is 56.2 Å². The minimum Gasteiger partial charge on any atom is -0.381 e.